The van der Waals surface area contributed by atoms with Gasteiger partial charge >= 0.3 is 0 Å². The highest BCUT2D eigenvalue weighted by molar-refractivity contribution is 5.85. The van der Waals surface area contributed by atoms with Crippen LogP contribution in [0.15, 0.2) is 35.5 Å². The molecule has 2 atom stereocenters. The summed E-state index contributed by atoms with van der Waals surface area (Å²) in [7, 11) is 0. The number of hydrogen-bond donors (Lipinski definition) is 1. The lowest BCUT2D eigenvalue weighted by molar-refractivity contribution is -0.118. The molecule has 1 aliphatic heterocycles. The lowest BCUT2D eigenvalue weighted by Gasteiger charge is -2.36. The van der Waals surface area contributed by atoms with Crippen molar-refractivity contribution in [3.63, 3.8) is 0 Å². The highest BCUT2D eigenvalue weighted by Crippen LogP contribution is 2.36. The van der Waals surface area contributed by atoms with Crippen molar-refractivity contribution in [1.82, 2.24) is 5.32 Å². The molecule has 1 fully saturated rings. The van der Waals surface area contributed by atoms with Gasteiger partial charge in [-0.15, -0.1) is 0 Å². The van der Waals surface area contributed by atoms with E-state index in [0.717, 1.165) is 0 Å². The fourth-order valence-corrected chi connectivity index (χ4v) is 2.87. The first-order valence-electron chi connectivity index (χ1n) is 5.67. The number of ketones is 1. The lowest BCUT2D eigenvalue weighted by Crippen LogP contribution is -2.44. The first-order chi connectivity index (χ1) is 7.34. The van der Waals surface area contributed by atoms with Crippen LogP contribution in [0.2, 0.25) is 0 Å². The number of rotatable bonds is 0. The van der Waals surface area contributed by atoms with E-state index in [-0.39, 0.29) is 0 Å². The van der Waals surface area contributed by atoms with Crippen molar-refractivity contribution in [3.05, 3.63) is 35.5 Å². The third-order valence-corrected chi connectivity index (χ3v) is 3.62. The van der Waals surface area contributed by atoms with Gasteiger partial charge in [-0.1, -0.05) is 24.3 Å². The van der Waals surface area contributed by atoms with Gasteiger partial charge in [-0.3, -0.25) is 4.79 Å². The van der Waals surface area contributed by atoms with Crippen LogP contribution in [0.25, 0.3) is 0 Å². The van der Waals surface area contributed by atoms with Gasteiger partial charge < -0.3 is 5.32 Å². The molecule has 2 aliphatic carbocycles. The van der Waals surface area contributed by atoms with Crippen molar-refractivity contribution in [2.75, 3.05) is 6.54 Å². The Balaban J connectivity index is 2.01. The molecule has 3 rings (SSSR count). The minimum absolute atomic E-state index is 0.331. The molecule has 0 bridgehead atoms. The van der Waals surface area contributed by atoms with Crippen LogP contribution in [0.1, 0.15) is 19.3 Å². The molecule has 2 unspecified atom stereocenters. The fourth-order valence-electron chi connectivity index (χ4n) is 2.87. The zero-order valence-electron chi connectivity index (χ0n) is 8.70. The SMILES string of the molecule is O=C1CNC2CCC3C=CC=CC3=C2C1. The van der Waals surface area contributed by atoms with Crippen LogP contribution < -0.4 is 5.32 Å². The monoisotopic (exact) mass is 201 g/mol. The second kappa shape index (κ2) is 3.46. The van der Waals surface area contributed by atoms with E-state index in [1.807, 2.05) is 0 Å². The molecule has 0 aromatic rings. The summed E-state index contributed by atoms with van der Waals surface area (Å²) in [6, 6.07) is 0.463. The summed E-state index contributed by atoms with van der Waals surface area (Å²) in [6.07, 6.45) is 11.7. The molecule has 0 aromatic carbocycles. The number of carbonyl (C=O) groups is 1. The molecule has 1 N–H and O–H groups in total. The van der Waals surface area contributed by atoms with Crippen LogP contribution in [0, 0.1) is 5.92 Å². The summed E-state index contributed by atoms with van der Waals surface area (Å²) in [6.45, 7) is 0.561. The average Bonchev–Trinajstić information content (AvgIpc) is 2.29. The second-order valence-corrected chi connectivity index (χ2v) is 4.56. The first-order valence-corrected chi connectivity index (χ1v) is 5.67. The summed E-state index contributed by atoms with van der Waals surface area (Å²) in [4.78, 5) is 11.5. The molecule has 0 aromatic heterocycles. The Bertz CT molecular complexity index is 389. The number of allylic oxidation sites excluding steroid dienone is 5. The maximum atomic E-state index is 11.5. The van der Waals surface area contributed by atoms with E-state index in [4.69, 9.17) is 0 Å². The maximum Gasteiger partial charge on any atom is 0.150 e. The van der Waals surface area contributed by atoms with Gasteiger partial charge in [0, 0.05) is 18.4 Å². The van der Waals surface area contributed by atoms with Gasteiger partial charge in [0.2, 0.25) is 0 Å². The topological polar surface area (TPSA) is 29.1 Å². The highest BCUT2D eigenvalue weighted by atomic mass is 16.1. The van der Waals surface area contributed by atoms with E-state index < -0.39 is 0 Å². The number of piperidine rings is 1. The van der Waals surface area contributed by atoms with Gasteiger partial charge in [-0.05, 0) is 24.0 Å². The van der Waals surface area contributed by atoms with Crippen LogP contribution >= 0.6 is 0 Å². The van der Waals surface area contributed by atoms with Gasteiger partial charge in [-0.2, -0.15) is 0 Å². The zero-order chi connectivity index (χ0) is 10.3. The second-order valence-electron chi connectivity index (χ2n) is 4.56. The Kier molecular flexibility index (Phi) is 2.10. The Morgan fingerprint density at radius 3 is 3.13 bits per heavy atom. The van der Waals surface area contributed by atoms with Gasteiger partial charge in [0.1, 0.15) is 0 Å². The smallest absolute Gasteiger partial charge is 0.150 e. The molecule has 0 spiro atoms. The Hall–Kier alpha value is -1.15. The third kappa shape index (κ3) is 1.49. The number of hydrogen-bond acceptors (Lipinski definition) is 2. The summed E-state index contributed by atoms with van der Waals surface area (Å²) < 4.78 is 0. The van der Waals surface area contributed by atoms with Crippen LogP contribution in [0.3, 0.4) is 0 Å². The summed E-state index contributed by atoms with van der Waals surface area (Å²) >= 11 is 0. The fraction of sp³-hybridized carbons (Fsp3) is 0.462. The van der Waals surface area contributed by atoms with Crippen molar-refractivity contribution in [2.45, 2.75) is 25.3 Å². The van der Waals surface area contributed by atoms with Crippen LogP contribution in [0.4, 0.5) is 0 Å². The highest BCUT2D eigenvalue weighted by Gasteiger charge is 2.31. The van der Waals surface area contributed by atoms with Gasteiger partial charge in [0.25, 0.3) is 0 Å². The maximum absolute atomic E-state index is 11.5. The molecule has 0 radical (unpaired) electrons. The number of nitrogens with one attached hydrogen (secondary N) is 1. The summed E-state index contributed by atoms with van der Waals surface area (Å²) in [5.41, 5.74) is 2.75. The van der Waals surface area contributed by atoms with E-state index in [9.17, 15) is 4.79 Å². The van der Waals surface area contributed by atoms with E-state index in [0.29, 0.717) is 30.7 Å². The predicted molar refractivity (Wildman–Crippen MR) is 59.4 cm³/mol. The first kappa shape index (κ1) is 9.10. The van der Waals surface area contributed by atoms with E-state index in [1.54, 1.807) is 0 Å². The van der Waals surface area contributed by atoms with E-state index in [2.05, 4.69) is 29.6 Å². The van der Waals surface area contributed by atoms with E-state index >= 15 is 0 Å². The van der Waals surface area contributed by atoms with Gasteiger partial charge in [0.05, 0.1) is 6.54 Å². The quantitative estimate of drug-likeness (QED) is 0.647. The van der Waals surface area contributed by atoms with Crippen molar-refractivity contribution in [2.24, 2.45) is 5.92 Å². The molecule has 2 heteroatoms. The lowest BCUT2D eigenvalue weighted by atomic mass is 9.75. The molecular formula is C13H15NO. The predicted octanol–water partition coefficient (Wildman–Crippen LogP) is 1.75. The molecule has 2 nitrogen and oxygen atoms in total. The van der Waals surface area contributed by atoms with Crippen LogP contribution in [-0.2, 0) is 4.79 Å². The summed E-state index contributed by atoms with van der Waals surface area (Å²) in [5, 5.41) is 3.34. The van der Waals surface area contributed by atoms with Crippen LogP contribution in [-0.4, -0.2) is 18.4 Å². The Morgan fingerprint density at radius 1 is 1.27 bits per heavy atom. The molecule has 78 valence electrons. The Morgan fingerprint density at radius 2 is 2.20 bits per heavy atom. The minimum Gasteiger partial charge on any atom is -0.303 e. The molecule has 15 heavy (non-hydrogen) atoms. The largest absolute Gasteiger partial charge is 0.303 e. The zero-order valence-corrected chi connectivity index (χ0v) is 8.70. The summed E-state index contributed by atoms with van der Waals surface area (Å²) in [5.74, 6) is 0.895. The number of fused-ring (bicyclic) bond motifs is 2. The average molecular weight is 201 g/mol. The number of carbonyl (C=O) groups excluding carboxylic acids is 1. The van der Waals surface area contributed by atoms with Crippen molar-refractivity contribution >= 4 is 5.78 Å². The molecule has 1 heterocycles. The molecule has 0 amide bonds. The number of Topliss-reactive ketones (excluding diaryl/α,β-unsaturated/α-hetero) is 1. The third-order valence-electron chi connectivity index (χ3n) is 3.62. The molecular weight excluding hydrogens is 186 g/mol. The normalized spacial score (nSPS) is 34.0. The minimum atomic E-state index is 0.331. The Labute approximate surface area is 89.7 Å². The standard InChI is InChI=1S/C13H15NO/c15-10-7-12-11-4-2-1-3-9(11)5-6-13(12)14-8-10/h1-4,9,13-14H,5-8H2. The van der Waals surface area contributed by atoms with Crippen molar-refractivity contribution in [1.29, 1.82) is 0 Å². The van der Waals surface area contributed by atoms with Crippen molar-refractivity contribution < 1.29 is 4.79 Å². The van der Waals surface area contributed by atoms with Gasteiger partial charge in [-0.25, -0.2) is 0 Å². The van der Waals surface area contributed by atoms with E-state index in [1.165, 1.54) is 24.0 Å². The molecule has 1 saturated heterocycles. The van der Waals surface area contributed by atoms with Crippen LogP contribution in [0.5, 0.6) is 0 Å². The van der Waals surface area contributed by atoms with Crippen molar-refractivity contribution in [3.8, 4) is 0 Å². The van der Waals surface area contributed by atoms with Gasteiger partial charge in [0.15, 0.2) is 5.78 Å². The molecule has 0 saturated carbocycles. The molecule has 3 aliphatic rings.